The van der Waals surface area contributed by atoms with Crippen LogP contribution in [0, 0.1) is 5.41 Å². The molecule has 0 amide bonds. The molecule has 1 rings (SSSR count). The summed E-state index contributed by atoms with van der Waals surface area (Å²) >= 11 is 0. The largest absolute Gasteiger partial charge is 0.481 e. The van der Waals surface area contributed by atoms with Crippen molar-refractivity contribution in [3.63, 3.8) is 0 Å². The van der Waals surface area contributed by atoms with Crippen LogP contribution in [-0.4, -0.2) is 41.8 Å². The van der Waals surface area contributed by atoms with Gasteiger partial charge >= 0.3 is 12.1 Å². The summed E-state index contributed by atoms with van der Waals surface area (Å²) in [5, 5.41) is 8.78. The van der Waals surface area contributed by atoms with Crippen molar-refractivity contribution in [3.8, 4) is 0 Å². The molecule has 1 aliphatic heterocycles. The first kappa shape index (κ1) is 11.3. The lowest BCUT2D eigenvalue weighted by Crippen LogP contribution is -2.36. The average molecular weight is 211 g/mol. The topological polar surface area (TPSA) is 40.5 Å². The fourth-order valence-corrected chi connectivity index (χ4v) is 1.62. The van der Waals surface area contributed by atoms with Gasteiger partial charge in [0.1, 0.15) is 0 Å². The van der Waals surface area contributed by atoms with Gasteiger partial charge in [-0.2, -0.15) is 13.2 Å². The lowest BCUT2D eigenvalue weighted by atomic mass is 9.90. The molecule has 0 bridgehead atoms. The lowest BCUT2D eigenvalue weighted by Gasteiger charge is -2.20. The molecule has 6 heteroatoms. The van der Waals surface area contributed by atoms with Crippen LogP contribution < -0.4 is 0 Å². The highest BCUT2D eigenvalue weighted by atomic mass is 19.4. The molecule has 0 aromatic rings. The van der Waals surface area contributed by atoms with Gasteiger partial charge < -0.3 is 5.11 Å². The van der Waals surface area contributed by atoms with E-state index in [9.17, 15) is 18.0 Å². The Morgan fingerprint density at radius 2 is 2.14 bits per heavy atom. The third-order valence-electron chi connectivity index (χ3n) is 2.47. The van der Waals surface area contributed by atoms with Crippen LogP contribution in [0.2, 0.25) is 0 Å². The zero-order valence-electron chi connectivity index (χ0n) is 7.76. The Bertz CT molecular complexity index is 241. The first-order chi connectivity index (χ1) is 6.23. The summed E-state index contributed by atoms with van der Waals surface area (Å²) in [6.07, 6.45) is -3.97. The number of alkyl halides is 3. The monoisotopic (exact) mass is 211 g/mol. The quantitative estimate of drug-likeness (QED) is 0.749. The highest BCUT2D eigenvalue weighted by molar-refractivity contribution is 5.74. The Kier molecular flexibility index (Phi) is 2.76. The number of carboxylic acid groups (broad SMARTS) is 1. The van der Waals surface area contributed by atoms with E-state index < -0.39 is 24.1 Å². The summed E-state index contributed by atoms with van der Waals surface area (Å²) in [5.74, 6) is -1.03. The Labute approximate surface area is 79.5 Å². The van der Waals surface area contributed by atoms with Crippen molar-refractivity contribution in [2.24, 2.45) is 5.41 Å². The first-order valence-corrected chi connectivity index (χ1v) is 4.25. The summed E-state index contributed by atoms with van der Waals surface area (Å²) in [4.78, 5) is 11.9. The van der Waals surface area contributed by atoms with E-state index in [0.29, 0.717) is 0 Å². The SMILES string of the molecule is CC1(C(=O)O)CCN(CC(F)(F)F)C1. The van der Waals surface area contributed by atoms with Gasteiger partial charge in [-0.3, -0.25) is 9.69 Å². The zero-order valence-corrected chi connectivity index (χ0v) is 7.76. The molecule has 0 aromatic heterocycles. The van der Waals surface area contributed by atoms with Gasteiger partial charge in [0.05, 0.1) is 12.0 Å². The smallest absolute Gasteiger partial charge is 0.401 e. The van der Waals surface area contributed by atoms with Gasteiger partial charge in [0.25, 0.3) is 0 Å². The second-order valence-electron chi connectivity index (χ2n) is 3.94. The van der Waals surface area contributed by atoms with Crippen molar-refractivity contribution < 1.29 is 23.1 Å². The molecule has 1 saturated heterocycles. The van der Waals surface area contributed by atoms with E-state index in [0.717, 1.165) is 4.90 Å². The van der Waals surface area contributed by atoms with Crippen LogP contribution in [-0.2, 0) is 4.79 Å². The maximum atomic E-state index is 12.0. The highest BCUT2D eigenvalue weighted by Crippen LogP contribution is 2.31. The number of likely N-dealkylation sites (tertiary alicyclic amines) is 1. The number of rotatable bonds is 2. The summed E-state index contributed by atoms with van der Waals surface area (Å²) in [5.41, 5.74) is -1.02. The van der Waals surface area contributed by atoms with Crippen molar-refractivity contribution in [2.75, 3.05) is 19.6 Å². The average Bonchev–Trinajstić information content (AvgIpc) is 2.29. The van der Waals surface area contributed by atoms with E-state index in [1.165, 1.54) is 6.92 Å². The fourth-order valence-electron chi connectivity index (χ4n) is 1.62. The first-order valence-electron chi connectivity index (χ1n) is 4.25. The molecule has 3 nitrogen and oxygen atoms in total. The Hall–Kier alpha value is -0.780. The second-order valence-corrected chi connectivity index (χ2v) is 3.94. The van der Waals surface area contributed by atoms with Gasteiger partial charge in [-0.25, -0.2) is 0 Å². The lowest BCUT2D eigenvalue weighted by molar-refractivity contribution is -0.152. The summed E-state index contributed by atoms with van der Waals surface area (Å²) < 4.78 is 35.9. The molecule has 0 saturated carbocycles. The summed E-state index contributed by atoms with van der Waals surface area (Å²) in [7, 11) is 0. The minimum Gasteiger partial charge on any atom is -0.481 e. The van der Waals surface area contributed by atoms with Crippen molar-refractivity contribution >= 4 is 5.97 Å². The van der Waals surface area contributed by atoms with E-state index in [-0.39, 0.29) is 19.5 Å². The fraction of sp³-hybridized carbons (Fsp3) is 0.875. The van der Waals surface area contributed by atoms with Crippen LogP contribution in [0.3, 0.4) is 0 Å². The van der Waals surface area contributed by atoms with Gasteiger partial charge in [-0.05, 0) is 19.9 Å². The molecule has 82 valence electrons. The third kappa shape index (κ3) is 2.60. The van der Waals surface area contributed by atoms with E-state index >= 15 is 0 Å². The van der Waals surface area contributed by atoms with Crippen molar-refractivity contribution in [1.82, 2.24) is 4.90 Å². The number of hydrogen-bond donors (Lipinski definition) is 1. The maximum absolute atomic E-state index is 12.0. The van der Waals surface area contributed by atoms with Crippen LogP contribution in [0.25, 0.3) is 0 Å². The maximum Gasteiger partial charge on any atom is 0.401 e. The zero-order chi connectivity index (χ0) is 11.0. The Morgan fingerprint density at radius 3 is 2.50 bits per heavy atom. The molecular weight excluding hydrogens is 199 g/mol. The number of aliphatic carboxylic acids is 1. The molecule has 1 fully saturated rings. The molecule has 0 aromatic carbocycles. The Balaban J connectivity index is 2.53. The molecule has 1 heterocycles. The van der Waals surface area contributed by atoms with E-state index in [2.05, 4.69) is 0 Å². The normalized spacial score (nSPS) is 29.4. The Morgan fingerprint density at radius 1 is 1.57 bits per heavy atom. The number of carboxylic acids is 1. The van der Waals surface area contributed by atoms with Gasteiger partial charge in [0.2, 0.25) is 0 Å². The predicted molar refractivity (Wildman–Crippen MR) is 42.9 cm³/mol. The minimum atomic E-state index is -4.25. The van der Waals surface area contributed by atoms with Crippen LogP contribution in [0.4, 0.5) is 13.2 Å². The van der Waals surface area contributed by atoms with Crippen LogP contribution in [0.5, 0.6) is 0 Å². The molecular formula is C8H12F3NO2. The number of halogens is 3. The van der Waals surface area contributed by atoms with Gasteiger partial charge in [-0.15, -0.1) is 0 Å². The van der Waals surface area contributed by atoms with Crippen LogP contribution in [0.1, 0.15) is 13.3 Å². The molecule has 1 unspecified atom stereocenters. The van der Waals surface area contributed by atoms with E-state index in [1.54, 1.807) is 0 Å². The summed E-state index contributed by atoms with van der Waals surface area (Å²) in [6, 6.07) is 0. The molecule has 14 heavy (non-hydrogen) atoms. The van der Waals surface area contributed by atoms with Crippen molar-refractivity contribution in [3.05, 3.63) is 0 Å². The molecule has 1 atom stereocenters. The van der Waals surface area contributed by atoms with Gasteiger partial charge in [0.15, 0.2) is 0 Å². The summed E-state index contributed by atoms with van der Waals surface area (Å²) in [6.45, 7) is 0.631. The minimum absolute atomic E-state index is 0.0259. The molecule has 0 radical (unpaired) electrons. The highest BCUT2D eigenvalue weighted by Gasteiger charge is 2.43. The molecule has 1 aliphatic rings. The van der Waals surface area contributed by atoms with Crippen LogP contribution >= 0.6 is 0 Å². The number of nitrogens with zero attached hydrogens (tertiary/aromatic N) is 1. The van der Waals surface area contributed by atoms with Crippen molar-refractivity contribution in [2.45, 2.75) is 19.5 Å². The van der Waals surface area contributed by atoms with Gasteiger partial charge in [0, 0.05) is 6.54 Å². The molecule has 1 N–H and O–H groups in total. The number of hydrogen-bond acceptors (Lipinski definition) is 2. The molecule has 0 spiro atoms. The third-order valence-corrected chi connectivity index (χ3v) is 2.47. The van der Waals surface area contributed by atoms with E-state index in [1.807, 2.05) is 0 Å². The number of carbonyl (C=O) groups is 1. The predicted octanol–water partition coefficient (Wildman–Crippen LogP) is 1.35. The molecule has 0 aliphatic carbocycles. The van der Waals surface area contributed by atoms with E-state index in [4.69, 9.17) is 5.11 Å². The second kappa shape index (κ2) is 3.42. The van der Waals surface area contributed by atoms with Crippen LogP contribution in [0.15, 0.2) is 0 Å². The van der Waals surface area contributed by atoms with Crippen molar-refractivity contribution in [1.29, 1.82) is 0 Å². The standard InChI is InChI=1S/C8H12F3NO2/c1-7(6(13)14)2-3-12(4-7)5-8(9,10)11/h2-5H2,1H3,(H,13,14). The van der Waals surface area contributed by atoms with Gasteiger partial charge in [-0.1, -0.05) is 0 Å².